The number of benzene rings is 1. The van der Waals surface area contributed by atoms with Gasteiger partial charge in [-0.05, 0) is 24.3 Å². The summed E-state index contributed by atoms with van der Waals surface area (Å²) < 4.78 is 48.5. The maximum atomic E-state index is 13.3. The van der Waals surface area contributed by atoms with Crippen molar-refractivity contribution in [1.82, 2.24) is 15.6 Å². The first-order valence-corrected chi connectivity index (χ1v) is 9.31. The maximum Gasteiger partial charge on any atom is 0.280 e. The van der Waals surface area contributed by atoms with E-state index >= 15 is 0 Å². The van der Waals surface area contributed by atoms with E-state index in [1.54, 1.807) is 0 Å². The molecular formula is C20H19ClF3N3O4. The third-order valence-electron chi connectivity index (χ3n) is 3.68. The van der Waals surface area contributed by atoms with Crippen molar-refractivity contribution in [2.45, 2.75) is 12.8 Å². The number of alkyl halides is 2. The van der Waals surface area contributed by atoms with Gasteiger partial charge in [0.15, 0.2) is 13.2 Å². The van der Waals surface area contributed by atoms with Gasteiger partial charge in [-0.2, -0.15) is 0 Å². The van der Waals surface area contributed by atoms with Gasteiger partial charge < -0.3 is 20.1 Å². The molecule has 2 N–H and O–H groups in total. The van der Waals surface area contributed by atoms with Crippen LogP contribution in [0.25, 0.3) is 0 Å². The minimum absolute atomic E-state index is 0.0565. The number of pyridine rings is 1. The standard InChI is InChI=1S/C20H19ClF3N3O4/c1-12(27-19(29)11-30-13-2-4-15(21)16(22)8-13)6-7-25-18(28)10-31-14-3-5-17(20(23)24)26-9-14/h2-5,8-9,20H,1,6-7,10-11H2,(H,25,28)(H,27,29). The van der Waals surface area contributed by atoms with Crippen molar-refractivity contribution in [3.63, 3.8) is 0 Å². The summed E-state index contributed by atoms with van der Waals surface area (Å²) in [4.78, 5) is 27.1. The lowest BCUT2D eigenvalue weighted by Crippen LogP contribution is -2.32. The second-order valence-corrected chi connectivity index (χ2v) is 6.53. The van der Waals surface area contributed by atoms with Gasteiger partial charge in [0, 0.05) is 24.7 Å². The van der Waals surface area contributed by atoms with Crippen LogP contribution in [-0.4, -0.2) is 36.6 Å². The molecule has 2 amide bonds. The number of hydrogen-bond acceptors (Lipinski definition) is 5. The van der Waals surface area contributed by atoms with Gasteiger partial charge in [0.25, 0.3) is 18.2 Å². The third-order valence-corrected chi connectivity index (χ3v) is 3.99. The summed E-state index contributed by atoms with van der Waals surface area (Å²) in [7, 11) is 0. The number of hydrogen-bond donors (Lipinski definition) is 2. The van der Waals surface area contributed by atoms with Gasteiger partial charge in [-0.15, -0.1) is 0 Å². The molecule has 0 aliphatic rings. The van der Waals surface area contributed by atoms with E-state index in [0.29, 0.717) is 5.70 Å². The van der Waals surface area contributed by atoms with Crippen molar-refractivity contribution in [1.29, 1.82) is 0 Å². The smallest absolute Gasteiger partial charge is 0.280 e. The lowest BCUT2D eigenvalue weighted by atomic mass is 10.3. The summed E-state index contributed by atoms with van der Waals surface area (Å²) in [6.45, 7) is 3.15. The predicted octanol–water partition coefficient (Wildman–Crippen LogP) is 3.41. The van der Waals surface area contributed by atoms with Crippen LogP contribution in [0.5, 0.6) is 11.5 Å². The molecule has 2 rings (SSSR count). The molecule has 31 heavy (non-hydrogen) atoms. The maximum absolute atomic E-state index is 13.3. The molecule has 0 saturated carbocycles. The minimum Gasteiger partial charge on any atom is -0.484 e. The number of nitrogens with zero attached hydrogens (tertiary/aromatic N) is 1. The predicted molar refractivity (Wildman–Crippen MR) is 107 cm³/mol. The lowest BCUT2D eigenvalue weighted by Gasteiger charge is -2.11. The molecule has 0 fully saturated rings. The van der Waals surface area contributed by atoms with E-state index in [2.05, 4.69) is 22.2 Å². The van der Waals surface area contributed by atoms with Gasteiger partial charge in [0.1, 0.15) is 23.0 Å². The fourth-order valence-electron chi connectivity index (χ4n) is 2.17. The monoisotopic (exact) mass is 457 g/mol. The highest BCUT2D eigenvalue weighted by Crippen LogP contribution is 2.20. The molecule has 11 heteroatoms. The fraction of sp³-hybridized carbons (Fsp3) is 0.250. The highest BCUT2D eigenvalue weighted by Gasteiger charge is 2.10. The zero-order valence-electron chi connectivity index (χ0n) is 16.2. The van der Waals surface area contributed by atoms with Crippen LogP contribution in [0.1, 0.15) is 18.5 Å². The molecule has 0 aliphatic carbocycles. The zero-order chi connectivity index (χ0) is 22.8. The fourth-order valence-corrected chi connectivity index (χ4v) is 2.29. The Morgan fingerprint density at radius 3 is 2.42 bits per heavy atom. The van der Waals surface area contributed by atoms with E-state index in [-0.39, 0.29) is 48.4 Å². The molecule has 1 heterocycles. The van der Waals surface area contributed by atoms with Crippen LogP contribution in [0, 0.1) is 5.82 Å². The van der Waals surface area contributed by atoms with Crippen LogP contribution in [0.3, 0.4) is 0 Å². The average Bonchev–Trinajstić information content (AvgIpc) is 2.73. The molecule has 0 radical (unpaired) electrons. The van der Waals surface area contributed by atoms with Gasteiger partial charge in [0.05, 0.1) is 11.2 Å². The Bertz CT molecular complexity index is 926. The van der Waals surface area contributed by atoms with Crippen molar-refractivity contribution in [3.05, 3.63) is 65.3 Å². The van der Waals surface area contributed by atoms with Crippen LogP contribution in [-0.2, 0) is 9.59 Å². The van der Waals surface area contributed by atoms with Gasteiger partial charge in [0.2, 0.25) is 0 Å². The number of nitrogens with one attached hydrogen (secondary N) is 2. The summed E-state index contributed by atoms with van der Waals surface area (Å²) in [5, 5.41) is 4.99. The number of carbonyl (C=O) groups excluding carboxylic acids is 2. The minimum atomic E-state index is -2.68. The Kier molecular flexibility index (Phi) is 9.13. The Balaban J connectivity index is 1.61. The lowest BCUT2D eigenvalue weighted by molar-refractivity contribution is -0.123. The van der Waals surface area contributed by atoms with E-state index in [1.807, 2.05) is 0 Å². The second-order valence-electron chi connectivity index (χ2n) is 6.12. The number of halogens is 4. The Labute approximate surface area is 181 Å². The average molecular weight is 458 g/mol. The van der Waals surface area contributed by atoms with E-state index in [0.717, 1.165) is 18.3 Å². The molecule has 1 aromatic carbocycles. The van der Waals surface area contributed by atoms with Gasteiger partial charge >= 0.3 is 0 Å². The van der Waals surface area contributed by atoms with E-state index in [1.165, 1.54) is 18.2 Å². The molecular weight excluding hydrogens is 439 g/mol. The molecule has 0 saturated heterocycles. The molecule has 0 aliphatic heterocycles. The summed E-state index contributed by atoms with van der Waals surface area (Å²) >= 11 is 5.56. The van der Waals surface area contributed by atoms with Crippen molar-refractivity contribution in [3.8, 4) is 11.5 Å². The topological polar surface area (TPSA) is 89.5 Å². The first-order chi connectivity index (χ1) is 14.7. The summed E-state index contributed by atoms with van der Waals surface area (Å²) in [5.74, 6) is -1.30. The van der Waals surface area contributed by atoms with Gasteiger partial charge in [-0.25, -0.2) is 13.2 Å². The van der Waals surface area contributed by atoms with E-state index in [9.17, 15) is 22.8 Å². The zero-order valence-corrected chi connectivity index (χ0v) is 16.9. The van der Waals surface area contributed by atoms with Crippen LogP contribution < -0.4 is 20.1 Å². The molecule has 1 aromatic heterocycles. The summed E-state index contributed by atoms with van der Waals surface area (Å²) in [6, 6.07) is 6.20. The number of rotatable bonds is 11. The third kappa shape index (κ3) is 8.55. The van der Waals surface area contributed by atoms with Crippen LogP contribution in [0.4, 0.5) is 13.2 Å². The van der Waals surface area contributed by atoms with Crippen molar-refractivity contribution >= 4 is 23.4 Å². The molecule has 0 unspecified atom stereocenters. The second kappa shape index (κ2) is 11.8. The summed E-state index contributed by atoms with van der Waals surface area (Å²) in [5.41, 5.74) is -0.0491. The normalized spacial score (nSPS) is 10.5. The first kappa shape index (κ1) is 24.0. The highest BCUT2D eigenvalue weighted by molar-refractivity contribution is 6.30. The molecule has 0 spiro atoms. The van der Waals surface area contributed by atoms with Crippen molar-refractivity contribution < 1.29 is 32.2 Å². The molecule has 7 nitrogen and oxygen atoms in total. The van der Waals surface area contributed by atoms with Gasteiger partial charge in [-0.3, -0.25) is 14.6 Å². The number of aromatic nitrogens is 1. The molecule has 166 valence electrons. The molecule has 0 bridgehead atoms. The van der Waals surface area contributed by atoms with Crippen molar-refractivity contribution in [2.75, 3.05) is 19.8 Å². The van der Waals surface area contributed by atoms with Crippen LogP contribution in [0.15, 0.2) is 48.8 Å². The number of amides is 2. The van der Waals surface area contributed by atoms with Crippen LogP contribution >= 0.6 is 11.6 Å². The quantitative estimate of drug-likeness (QED) is 0.540. The molecule has 2 aromatic rings. The first-order valence-electron chi connectivity index (χ1n) is 8.93. The summed E-state index contributed by atoms with van der Waals surface area (Å²) in [6.07, 6.45) is -1.33. The van der Waals surface area contributed by atoms with E-state index in [4.69, 9.17) is 21.1 Å². The largest absolute Gasteiger partial charge is 0.484 e. The highest BCUT2D eigenvalue weighted by atomic mass is 35.5. The SMILES string of the molecule is C=C(CCNC(=O)COc1ccc(C(F)F)nc1)NC(=O)COc1ccc(Cl)c(F)c1. The molecule has 0 atom stereocenters. The number of carbonyl (C=O) groups is 2. The number of ether oxygens (including phenoxy) is 2. The Hall–Kier alpha value is -3.27. The Morgan fingerprint density at radius 2 is 1.77 bits per heavy atom. The van der Waals surface area contributed by atoms with E-state index < -0.39 is 24.1 Å². The Morgan fingerprint density at radius 1 is 1.10 bits per heavy atom. The van der Waals surface area contributed by atoms with Crippen LogP contribution in [0.2, 0.25) is 5.02 Å². The van der Waals surface area contributed by atoms with Crippen molar-refractivity contribution in [2.24, 2.45) is 0 Å². The van der Waals surface area contributed by atoms with Gasteiger partial charge in [-0.1, -0.05) is 18.2 Å².